The lowest BCUT2D eigenvalue weighted by atomic mass is 10.2. The quantitative estimate of drug-likeness (QED) is 0.664. The molecule has 0 saturated heterocycles. The number of hydrogen-bond acceptors (Lipinski definition) is 5. The molecule has 0 spiro atoms. The molecule has 3 rings (SSSR count). The molecule has 2 aromatic heterocycles. The van der Waals surface area contributed by atoms with Crippen LogP contribution in [-0.4, -0.2) is 35.7 Å². The molecule has 3 aromatic rings. The monoisotopic (exact) mass is 357 g/mol. The first kappa shape index (κ1) is 17.1. The lowest BCUT2D eigenvalue weighted by Gasteiger charge is -2.08. The van der Waals surface area contributed by atoms with Crippen molar-refractivity contribution in [2.45, 2.75) is 6.54 Å². The molecule has 0 aliphatic carbocycles. The van der Waals surface area contributed by atoms with E-state index in [1.165, 1.54) is 47.8 Å². The first-order valence-electron chi connectivity index (χ1n) is 7.53. The smallest absolute Gasteiger partial charge is 0.335 e. The molecule has 0 atom stereocenters. The number of benzene rings is 1. The Bertz CT molecular complexity index is 1150. The van der Waals surface area contributed by atoms with E-state index in [0.29, 0.717) is 5.69 Å². The zero-order valence-corrected chi connectivity index (χ0v) is 14.0. The molecule has 0 radical (unpaired) electrons. The van der Waals surface area contributed by atoms with Gasteiger partial charge >= 0.3 is 11.7 Å². The molecule has 0 aliphatic heterocycles. The first-order valence-corrected chi connectivity index (χ1v) is 7.53. The van der Waals surface area contributed by atoms with Crippen molar-refractivity contribution in [1.82, 2.24) is 18.7 Å². The Kier molecular flexibility index (Phi) is 4.16. The average molecular weight is 357 g/mol. The fourth-order valence-corrected chi connectivity index (χ4v) is 2.60. The molecule has 2 N–H and O–H groups in total. The van der Waals surface area contributed by atoms with Gasteiger partial charge in [0.25, 0.3) is 5.56 Å². The molecule has 10 nitrogen and oxygen atoms in total. The highest BCUT2D eigenvalue weighted by Crippen LogP contribution is 2.11. The zero-order chi connectivity index (χ0) is 19.0. The fraction of sp³-hybridized carbons (Fsp3) is 0.188. The SMILES string of the molecule is Cn1c(=O)c2c(ncn2CC(=O)Nc2cccc(C(=O)O)c2)n(C)c1=O. The van der Waals surface area contributed by atoms with Crippen molar-refractivity contribution >= 4 is 28.7 Å². The lowest BCUT2D eigenvalue weighted by Crippen LogP contribution is -2.37. The van der Waals surface area contributed by atoms with Gasteiger partial charge in [-0.3, -0.25) is 18.7 Å². The van der Waals surface area contributed by atoms with Crippen LogP contribution < -0.4 is 16.6 Å². The number of rotatable bonds is 4. The highest BCUT2D eigenvalue weighted by atomic mass is 16.4. The first-order chi connectivity index (χ1) is 12.3. The molecular weight excluding hydrogens is 342 g/mol. The lowest BCUT2D eigenvalue weighted by molar-refractivity contribution is -0.116. The number of carboxylic acid groups (broad SMARTS) is 1. The minimum Gasteiger partial charge on any atom is -0.478 e. The van der Waals surface area contributed by atoms with Crippen molar-refractivity contribution in [2.24, 2.45) is 14.1 Å². The van der Waals surface area contributed by atoms with Crippen molar-refractivity contribution in [1.29, 1.82) is 0 Å². The van der Waals surface area contributed by atoms with E-state index in [0.717, 1.165) is 4.57 Å². The van der Waals surface area contributed by atoms with E-state index < -0.39 is 23.1 Å². The van der Waals surface area contributed by atoms with Crippen molar-refractivity contribution < 1.29 is 14.7 Å². The Morgan fingerprint density at radius 2 is 1.92 bits per heavy atom. The molecule has 0 saturated carbocycles. The van der Waals surface area contributed by atoms with Gasteiger partial charge in [-0.05, 0) is 18.2 Å². The summed E-state index contributed by atoms with van der Waals surface area (Å²) < 4.78 is 3.50. The molecule has 0 unspecified atom stereocenters. The van der Waals surface area contributed by atoms with Crippen LogP contribution in [0.25, 0.3) is 11.2 Å². The van der Waals surface area contributed by atoms with E-state index in [1.807, 2.05) is 0 Å². The van der Waals surface area contributed by atoms with Gasteiger partial charge in [0.1, 0.15) is 6.54 Å². The zero-order valence-electron chi connectivity index (χ0n) is 14.0. The molecule has 1 aromatic carbocycles. The third kappa shape index (κ3) is 2.88. The van der Waals surface area contributed by atoms with E-state index in [9.17, 15) is 19.2 Å². The van der Waals surface area contributed by atoms with Crippen LogP contribution in [0.4, 0.5) is 5.69 Å². The summed E-state index contributed by atoms with van der Waals surface area (Å²) in [5.74, 6) is -1.58. The van der Waals surface area contributed by atoms with Gasteiger partial charge in [-0.25, -0.2) is 14.6 Å². The number of fused-ring (bicyclic) bond motifs is 1. The molecule has 0 fully saturated rings. The van der Waals surface area contributed by atoms with E-state index in [1.54, 1.807) is 6.07 Å². The minimum atomic E-state index is -1.11. The van der Waals surface area contributed by atoms with Gasteiger partial charge in [0.15, 0.2) is 11.2 Å². The van der Waals surface area contributed by atoms with Gasteiger partial charge < -0.3 is 15.0 Å². The Labute approximate surface area is 145 Å². The number of amides is 1. The van der Waals surface area contributed by atoms with Crippen LogP contribution in [0, 0.1) is 0 Å². The standard InChI is InChI=1S/C16H15N5O5/c1-19-13-12(14(23)20(2)16(19)26)21(8-17-13)7-11(22)18-10-5-3-4-9(6-10)15(24)25/h3-6,8H,7H2,1-2H3,(H,18,22)(H,24,25). The van der Waals surface area contributed by atoms with E-state index in [4.69, 9.17) is 5.11 Å². The molecule has 0 aliphatic rings. The second-order valence-corrected chi connectivity index (χ2v) is 5.68. The number of carbonyl (C=O) groups is 2. The van der Waals surface area contributed by atoms with Gasteiger partial charge in [0, 0.05) is 19.8 Å². The maximum absolute atomic E-state index is 12.3. The predicted octanol–water partition coefficient (Wildman–Crippen LogP) is -0.229. The van der Waals surface area contributed by atoms with Crippen molar-refractivity contribution in [3.05, 3.63) is 57.0 Å². The maximum atomic E-state index is 12.3. The molecule has 2 heterocycles. The normalized spacial score (nSPS) is 10.8. The third-order valence-corrected chi connectivity index (χ3v) is 3.92. The Balaban J connectivity index is 1.91. The summed E-state index contributed by atoms with van der Waals surface area (Å²) in [4.78, 5) is 51.5. The molecule has 134 valence electrons. The van der Waals surface area contributed by atoms with Crippen LogP contribution in [0.1, 0.15) is 10.4 Å². The van der Waals surface area contributed by atoms with Crippen LogP contribution in [0.3, 0.4) is 0 Å². The maximum Gasteiger partial charge on any atom is 0.335 e. The number of carbonyl (C=O) groups excluding carboxylic acids is 1. The highest BCUT2D eigenvalue weighted by Gasteiger charge is 2.16. The largest absolute Gasteiger partial charge is 0.478 e. The summed E-state index contributed by atoms with van der Waals surface area (Å²) in [6.07, 6.45) is 1.30. The number of nitrogens with zero attached hydrogens (tertiary/aromatic N) is 4. The number of aromatic nitrogens is 4. The number of aryl methyl sites for hydroxylation is 1. The van der Waals surface area contributed by atoms with Crippen LogP contribution in [0.2, 0.25) is 0 Å². The summed E-state index contributed by atoms with van der Waals surface area (Å²) in [5, 5.41) is 11.6. The second-order valence-electron chi connectivity index (χ2n) is 5.68. The highest BCUT2D eigenvalue weighted by molar-refractivity contribution is 5.94. The average Bonchev–Trinajstić information content (AvgIpc) is 3.01. The van der Waals surface area contributed by atoms with Gasteiger partial charge in [-0.1, -0.05) is 6.07 Å². The topological polar surface area (TPSA) is 128 Å². The minimum absolute atomic E-state index is 0.0414. The van der Waals surface area contributed by atoms with Crippen LogP contribution in [0.5, 0.6) is 0 Å². The summed E-state index contributed by atoms with van der Waals surface area (Å²) in [6, 6.07) is 5.80. The van der Waals surface area contributed by atoms with Crippen LogP contribution in [-0.2, 0) is 25.4 Å². The third-order valence-electron chi connectivity index (χ3n) is 3.92. The Hall–Kier alpha value is -3.69. The van der Waals surface area contributed by atoms with Gasteiger partial charge in [0.05, 0.1) is 11.9 Å². The number of imidazole rings is 1. The molecular formula is C16H15N5O5. The predicted molar refractivity (Wildman–Crippen MR) is 92.2 cm³/mol. The van der Waals surface area contributed by atoms with Crippen LogP contribution in [0.15, 0.2) is 40.2 Å². The second kappa shape index (κ2) is 6.31. The number of anilines is 1. The van der Waals surface area contributed by atoms with E-state index in [-0.39, 0.29) is 23.3 Å². The van der Waals surface area contributed by atoms with E-state index in [2.05, 4.69) is 10.3 Å². The van der Waals surface area contributed by atoms with Crippen LogP contribution >= 0.6 is 0 Å². The number of nitrogens with one attached hydrogen (secondary N) is 1. The Morgan fingerprint density at radius 3 is 2.62 bits per heavy atom. The van der Waals surface area contributed by atoms with Gasteiger partial charge in [-0.2, -0.15) is 0 Å². The van der Waals surface area contributed by atoms with Gasteiger partial charge in [-0.15, -0.1) is 0 Å². The number of aromatic carboxylic acids is 1. The summed E-state index contributed by atoms with van der Waals surface area (Å²) in [7, 11) is 2.83. The summed E-state index contributed by atoms with van der Waals surface area (Å²) >= 11 is 0. The molecule has 0 bridgehead atoms. The fourth-order valence-electron chi connectivity index (χ4n) is 2.60. The Morgan fingerprint density at radius 1 is 1.19 bits per heavy atom. The van der Waals surface area contributed by atoms with Crippen molar-refractivity contribution in [3.8, 4) is 0 Å². The number of carboxylic acids is 1. The van der Waals surface area contributed by atoms with Crippen molar-refractivity contribution in [2.75, 3.05) is 5.32 Å². The molecule has 26 heavy (non-hydrogen) atoms. The summed E-state index contributed by atoms with van der Waals surface area (Å²) in [6.45, 7) is -0.221. The summed E-state index contributed by atoms with van der Waals surface area (Å²) in [5.41, 5.74) is -0.397. The van der Waals surface area contributed by atoms with E-state index >= 15 is 0 Å². The molecule has 10 heteroatoms. The molecule has 1 amide bonds. The number of hydrogen-bond donors (Lipinski definition) is 2. The van der Waals surface area contributed by atoms with Gasteiger partial charge in [0.2, 0.25) is 5.91 Å². The van der Waals surface area contributed by atoms with Crippen molar-refractivity contribution in [3.63, 3.8) is 0 Å².